The molecule has 5 rings (SSSR count). The van der Waals surface area contributed by atoms with Gasteiger partial charge in [-0.15, -0.1) is 5.10 Å². The van der Waals surface area contributed by atoms with Crippen molar-refractivity contribution in [3.63, 3.8) is 0 Å². The first kappa shape index (κ1) is 20.2. The van der Waals surface area contributed by atoms with E-state index in [-0.39, 0.29) is 6.04 Å². The standard InChI is InChI=1S/C25H25N5O2/c1-31-22-15-19-13-14-29(17-24-26-27-28-30(24)20-11-7-4-8-12-20)25(18-9-5-3-6-10-18)21(19)16-23(22)32-2/h3-12,15-16,25H,13-14,17H2,1-2H3. The van der Waals surface area contributed by atoms with Crippen molar-refractivity contribution in [2.45, 2.75) is 19.0 Å². The van der Waals surface area contributed by atoms with Crippen molar-refractivity contribution in [1.82, 2.24) is 25.1 Å². The van der Waals surface area contributed by atoms with Gasteiger partial charge in [-0.25, -0.2) is 0 Å². The zero-order valence-electron chi connectivity index (χ0n) is 18.2. The molecule has 0 saturated heterocycles. The summed E-state index contributed by atoms with van der Waals surface area (Å²) in [6.45, 7) is 1.50. The third kappa shape index (κ3) is 3.71. The van der Waals surface area contributed by atoms with Gasteiger partial charge in [0.2, 0.25) is 0 Å². The number of hydrogen-bond acceptors (Lipinski definition) is 6. The molecule has 0 N–H and O–H groups in total. The van der Waals surface area contributed by atoms with Crippen LogP contribution in [0.4, 0.5) is 0 Å². The summed E-state index contributed by atoms with van der Waals surface area (Å²) >= 11 is 0. The Morgan fingerprint density at radius 3 is 2.31 bits per heavy atom. The number of hydrogen-bond donors (Lipinski definition) is 0. The smallest absolute Gasteiger partial charge is 0.170 e. The van der Waals surface area contributed by atoms with E-state index in [1.165, 1.54) is 16.7 Å². The van der Waals surface area contributed by atoms with Crippen molar-refractivity contribution in [3.05, 3.63) is 95.3 Å². The van der Waals surface area contributed by atoms with Crippen molar-refractivity contribution >= 4 is 0 Å². The molecule has 1 aromatic heterocycles. The Hall–Kier alpha value is -3.71. The maximum atomic E-state index is 5.62. The number of fused-ring (bicyclic) bond motifs is 1. The molecule has 3 aromatic carbocycles. The molecule has 0 amide bonds. The monoisotopic (exact) mass is 427 g/mol. The number of rotatable bonds is 6. The van der Waals surface area contributed by atoms with E-state index in [1.807, 2.05) is 41.1 Å². The minimum Gasteiger partial charge on any atom is -0.493 e. The van der Waals surface area contributed by atoms with E-state index < -0.39 is 0 Å². The number of aromatic nitrogens is 4. The first-order valence-corrected chi connectivity index (χ1v) is 10.6. The summed E-state index contributed by atoms with van der Waals surface area (Å²) in [5.41, 5.74) is 4.67. The van der Waals surface area contributed by atoms with E-state index in [4.69, 9.17) is 9.47 Å². The zero-order valence-corrected chi connectivity index (χ0v) is 18.2. The van der Waals surface area contributed by atoms with Gasteiger partial charge in [0.05, 0.1) is 32.5 Å². The first-order chi connectivity index (χ1) is 15.8. The van der Waals surface area contributed by atoms with Crippen molar-refractivity contribution in [1.29, 1.82) is 0 Å². The quantitative estimate of drug-likeness (QED) is 0.466. The molecule has 1 aliphatic rings. The third-order valence-corrected chi connectivity index (χ3v) is 5.97. The molecule has 0 aliphatic carbocycles. The summed E-state index contributed by atoms with van der Waals surface area (Å²) in [5.74, 6) is 2.31. The van der Waals surface area contributed by atoms with Crippen molar-refractivity contribution in [2.75, 3.05) is 20.8 Å². The Kier molecular flexibility index (Phi) is 5.56. The number of tetrazole rings is 1. The van der Waals surface area contributed by atoms with Crippen LogP contribution in [-0.2, 0) is 13.0 Å². The van der Waals surface area contributed by atoms with Crippen LogP contribution in [0.2, 0.25) is 0 Å². The van der Waals surface area contributed by atoms with Crippen molar-refractivity contribution in [3.8, 4) is 17.2 Å². The SMILES string of the molecule is COc1cc2c(cc1OC)C(c1ccccc1)N(Cc1nnnn1-c1ccccc1)CC2. The van der Waals surface area contributed by atoms with Crippen LogP contribution in [0.5, 0.6) is 11.5 Å². The van der Waals surface area contributed by atoms with Gasteiger partial charge in [-0.2, -0.15) is 4.68 Å². The average molecular weight is 428 g/mol. The van der Waals surface area contributed by atoms with Crippen LogP contribution in [0, 0.1) is 0 Å². The van der Waals surface area contributed by atoms with Crippen molar-refractivity contribution in [2.24, 2.45) is 0 Å². The van der Waals surface area contributed by atoms with Crippen LogP contribution in [0.25, 0.3) is 5.69 Å². The molecule has 1 unspecified atom stereocenters. The van der Waals surface area contributed by atoms with Gasteiger partial charge in [0.25, 0.3) is 0 Å². The summed E-state index contributed by atoms with van der Waals surface area (Å²) in [7, 11) is 3.35. The van der Waals surface area contributed by atoms with Gasteiger partial charge in [-0.05, 0) is 57.8 Å². The molecule has 0 spiro atoms. The van der Waals surface area contributed by atoms with E-state index >= 15 is 0 Å². The van der Waals surface area contributed by atoms with Gasteiger partial charge in [-0.3, -0.25) is 4.90 Å². The highest BCUT2D eigenvalue weighted by Crippen LogP contribution is 2.41. The van der Waals surface area contributed by atoms with Gasteiger partial charge in [0, 0.05) is 6.54 Å². The second-order valence-corrected chi connectivity index (χ2v) is 7.78. The van der Waals surface area contributed by atoms with Crippen LogP contribution < -0.4 is 9.47 Å². The molecule has 1 atom stereocenters. The maximum Gasteiger partial charge on any atom is 0.170 e. The van der Waals surface area contributed by atoms with E-state index in [1.54, 1.807) is 14.2 Å². The zero-order chi connectivity index (χ0) is 21.9. The normalized spacial score (nSPS) is 15.9. The Balaban J connectivity index is 1.56. The Bertz CT molecular complexity index is 1190. The number of methoxy groups -OCH3 is 2. The molecule has 32 heavy (non-hydrogen) atoms. The molecule has 0 bridgehead atoms. The van der Waals surface area contributed by atoms with Crippen LogP contribution in [0.15, 0.2) is 72.8 Å². The molecule has 1 aliphatic heterocycles. The van der Waals surface area contributed by atoms with Crippen LogP contribution >= 0.6 is 0 Å². The highest BCUT2D eigenvalue weighted by molar-refractivity contribution is 5.51. The van der Waals surface area contributed by atoms with Crippen LogP contribution in [0.1, 0.15) is 28.6 Å². The lowest BCUT2D eigenvalue weighted by atomic mass is 9.87. The van der Waals surface area contributed by atoms with E-state index in [2.05, 4.69) is 56.8 Å². The molecule has 0 fully saturated rings. The van der Waals surface area contributed by atoms with E-state index in [0.717, 1.165) is 36.0 Å². The Morgan fingerprint density at radius 1 is 0.906 bits per heavy atom. The van der Waals surface area contributed by atoms with Gasteiger partial charge < -0.3 is 9.47 Å². The summed E-state index contributed by atoms with van der Waals surface area (Å²) in [4.78, 5) is 2.43. The van der Waals surface area contributed by atoms with Gasteiger partial charge in [-0.1, -0.05) is 48.5 Å². The minimum absolute atomic E-state index is 0.0562. The second kappa shape index (κ2) is 8.80. The highest BCUT2D eigenvalue weighted by Gasteiger charge is 2.31. The maximum absolute atomic E-state index is 5.62. The molecule has 7 heteroatoms. The first-order valence-electron chi connectivity index (χ1n) is 10.6. The topological polar surface area (TPSA) is 65.3 Å². The predicted octanol–water partition coefficient (Wildman–Crippen LogP) is 3.83. The minimum atomic E-state index is 0.0562. The Labute approximate surface area is 187 Å². The lowest BCUT2D eigenvalue weighted by molar-refractivity contribution is 0.197. The van der Waals surface area contributed by atoms with Crippen LogP contribution in [-0.4, -0.2) is 45.9 Å². The van der Waals surface area contributed by atoms with E-state index in [0.29, 0.717) is 6.54 Å². The highest BCUT2D eigenvalue weighted by atomic mass is 16.5. The number of nitrogens with zero attached hydrogens (tertiary/aromatic N) is 5. The average Bonchev–Trinajstić information content (AvgIpc) is 3.32. The fraction of sp³-hybridized carbons (Fsp3) is 0.240. The van der Waals surface area contributed by atoms with Gasteiger partial charge >= 0.3 is 0 Å². The molecule has 7 nitrogen and oxygen atoms in total. The Morgan fingerprint density at radius 2 is 1.59 bits per heavy atom. The molecule has 2 heterocycles. The summed E-state index contributed by atoms with van der Waals surface area (Å²) < 4.78 is 13.0. The largest absolute Gasteiger partial charge is 0.493 e. The fourth-order valence-electron chi connectivity index (χ4n) is 4.45. The number of para-hydroxylation sites is 1. The fourth-order valence-corrected chi connectivity index (χ4v) is 4.45. The van der Waals surface area contributed by atoms with Gasteiger partial charge in [0.15, 0.2) is 17.3 Å². The van der Waals surface area contributed by atoms with Gasteiger partial charge in [0.1, 0.15) is 0 Å². The second-order valence-electron chi connectivity index (χ2n) is 7.78. The summed E-state index contributed by atoms with van der Waals surface area (Å²) in [6.07, 6.45) is 0.909. The van der Waals surface area contributed by atoms with Crippen molar-refractivity contribution < 1.29 is 9.47 Å². The van der Waals surface area contributed by atoms with E-state index in [9.17, 15) is 0 Å². The molecular formula is C25H25N5O2. The molecule has 4 aromatic rings. The third-order valence-electron chi connectivity index (χ3n) is 5.97. The summed E-state index contributed by atoms with van der Waals surface area (Å²) in [5, 5.41) is 12.5. The molecule has 162 valence electrons. The van der Waals surface area contributed by atoms with Crippen LogP contribution in [0.3, 0.4) is 0 Å². The number of benzene rings is 3. The summed E-state index contributed by atoms with van der Waals surface area (Å²) in [6, 6.07) is 24.8. The molecule has 0 radical (unpaired) electrons. The number of ether oxygens (including phenoxy) is 2. The lowest BCUT2D eigenvalue weighted by Crippen LogP contribution is -2.36. The lowest BCUT2D eigenvalue weighted by Gasteiger charge is -2.37. The molecule has 0 saturated carbocycles. The predicted molar refractivity (Wildman–Crippen MR) is 121 cm³/mol. The molecular weight excluding hydrogens is 402 g/mol.